The Hall–Kier alpha value is -3.23. The molecule has 3 rings (SSSR count). The lowest BCUT2D eigenvalue weighted by Crippen LogP contribution is -2.20. The second-order valence-corrected chi connectivity index (χ2v) is 8.78. The Labute approximate surface area is 202 Å². The van der Waals surface area contributed by atoms with Crippen molar-refractivity contribution in [2.75, 3.05) is 0 Å². The van der Waals surface area contributed by atoms with Gasteiger partial charge in [-0.3, -0.25) is 19.3 Å². The lowest BCUT2D eigenvalue weighted by molar-refractivity contribution is -0.137. The molecular formula is C26H31F3N4O2. The lowest BCUT2D eigenvalue weighted by Gasteiger charge is -2.14. The van der Waals surface area contributed by atoms with E-state index in [1.54, 1.807) is 7.05 Å². The van der Waals surface area contributed by atoms with Crippen LogP contribution in [0.3, 0.4) is 0 Å². The van der Waals surface area contributed by atoms with Crippen molar-refractivity contribution in [3.8, 4) is 5.69 Å². The van der Waals surface area contributed by atoms with E-state index in [0.717, 1.165) is 48.7 Å². The van der Waals surface area contributed by atoms with Crippen molar-refractivity contribution in [2.45, 2.75) is 65.0 Å². The van der Waals surface area contributed by atoms with Crippen LogP contribution < -0.4 is 5.56 Å². The number of Topliss-reactive ketones (excluding diaryl/α,β-unsaturated/α-hetero) is 1. The van der Waals surface area contributed by atoms with Crippen LogP contribution in [0.2, 0.25) is 0 Å². The molecule has 9 heteroatoms. The maximum absolute atomic E-state index is 13.2. The standard InChI is InChI=1S/C26H31F3N4O2/c1-4-6-9-17(5-2)23(34)13-8-12-22-20(15-30)24-21(16-31-22)25(35)33(32(24)3)19-11-7-10-18(14-19)26(27,28)29/h7,10-11,14-17,30H,4-6,8-9,12-13H2,1-3H3. The first-order chi connectivity index (χ1) is 16.6. The summed E-state index contributed by atoms with van der Waals surface area (Å²) in [6.45, 7) is 4.13. The van der Waals surface area contributed by atoms with Crippen LogP contribution in [-0.4, -0.2) is 26.3 Å². The lowest BCUT2D eigenvalue weighted by atomic mass is 9.91. The summed E-state index contributed by atoms with van der Waals surface area (Å²) < 4.78 is 42.2. The van der Waals surface area contributed by atoms with Gasteiger partial charge in [0.15, 0.2) is 0 Å². The van der Waals surface area contributed by atoms with E-state index in [1.807, 2.05) is 6.92 Å². The average Bonchev–Trinajstić information content (AvgIpc) is 3.08. The normalized spacial score (nSPS) is 12.7. The fourth-order valence-electron chi connectivity index (χ4n) is 4.54. The highest BCUT2D eigenvalue weighted by Gasteiger charge is 2.31. The van der Waals surface area contributed by atoms with E-state index in [9.17, 15) is 22.8 Å². The van der Waals surface area contributed by atoms with Gasteiger partial charge in [0.1, 0.15) is 5.78 Å². The Balaban J connectivity index is 1.93. The molecule has 2 aromatic heterocycles. The summed E-state index contributed by atoms with van der Waals surface area (Å²) in [6, 6.07) is 4.56. The highest BCUT2D eigenvalue weighted by molar-refractivity contribution is 5.97. The quantitative estimate of drug-likeness (QED) is 0.344. The maximum Gasteiger partial charge on any atom is 0.416 e. The van der Waals surface area contributed by atoms with Crippen molar-refractivity contribution >= 4 is 22.9 Å². The number of aromatic nitrogens is 3. The Bertz CT molecular complexity index is 1270. The summed E-state index contributed by atoms with van der Waals surface area (Å²) in [4.78, 5) is 30.1. The molecule has 0 amide bonds. The third-order valence-corrected chi connectivity index (χ3v) is 6.47. The summed E-state index contributed by atoms with van der Waals surface area (Å²) in [5, 5.41) is 8.17. The van der Waals surface area contributed by atoms with E-state index in [0.29, 0.717) is 36.0 Å². The smallest absolute Gasteiger partial charge is 0.308 e. The number of carbonyl (C=O) groups excluding carboxylic acids is 1. The van der Waals surface area contributed by atoms with E-state index in [1.165, 1.54) is 23.0 Å². The molecule has 6 nitrogen and oxygen atoms in total. The number of fused-ring (bicyclic) bond motifs is 1. The second kappa shape index (κ2) is 11.0. The molecule has 3 aromatic rings. The van der Waals surface area contributed by atoms with Gasteiger partial charge in [0.2, 0.25) is 0 Å². The van der Waals surface area contributed by atoms with Crippen molar-refractivity contribution in [1.82, 2.24) is 14.3 Å². The first kappa shape index (κ1) is 26.4. The summed E-state index contributed by atoms with van der Waals surface area (Å²) in [7, 11) is 1.57. The van der Waals surface area contributed by atoms with Gasteiger partial charge in [0.25, 0.3) is 5.56 Å². The van der Waals surface area contributed by atoms with Gasteiger partial charge in [-0.05, 0) is 43.9 Å². The second-order valence-electron chi connectivity index (χ2n) is 8.78. The zero-order valence-electron chi connectivity index (χ0n) is 20.3. The van der Waals surface area contributed by atoms with Crippen LogP contribution in [0, 0.1) is 11.3 Å². The molecule has 0 aliphatic carbocycles. The highest BCUT2D eigenvalue weighted by atomic mass is 19.4. The molecule has 1 unspecified atom stereocenters. The summed E-state index contributed by atoms with van der Waals surface area (Å²) in [5.74, 6) is 0.302. The Morgan fingerprint density at radius 2 is 1.97 bits per heavy atom. The number of benzene rings is 1. The maximum atomic E-state index is 13.2. The largest absolute Gasteiger partial charge is 0.416 e. The molecule has 188 valence electrons. The topological polar surface area (TPSA) is 80.7 Å². The molecule has 1 N–H and O–H groups in total. The third-order valence-electron chi connectivity index (χ3n) is 6.47. The van der Waals surface area contributed by atoms with Crippen molar-refractivity contribution < 1.29 is 18.0 Å². The monoisotopic (exact) mass is 488 g/mol. The molecule has 1 atom stereocenters. The molecule has 0 saturated heterocycles. The first-order valence-electron chi connectivity index (χ1n) is 11.9. The fraction of sp³-hybridized carbons (Fsp3) is 0.462. The first-order valence-corrected chi connectivity index (χ1v) is 11.9. The average molecular weight is 489 g/mol. The molecule has 0 radical (unpaired) electrons. The number of aryl methyl sites for hydroxylation is 2. The van der Waals surface area contributed by atoms with Crippen molar-refractivity contribution in [2.24, 2.45) is 13.0 Å². The van der Waals surface area contributed by atoms with E-state index < -0.39 is 17.3 Å². The SMILES string of the molecule is CCCCC(CC)C(=O)CCCc1ncc2c(=O)n(-c3cccc(C(F)(F)F)c3)n(C)c2c1C=N. The van der Waals surface area contributed by atoms with E-state index >= 15 is 0 Å². The summed E-state index contributed by atoms with van der Waals surface area (Å²) in [5.41, 5.74) is 0.141. The van der Waals surface area contributed by atoms with E-state index in [2.05, 4.69) is 11.9 Å². The number of nitrogens with one attached hydrogen (secondary N) is 1. The minimum atomic E-state index is -4.54. The Kier molecular flexibility index (Phi) is 8.30. The molecule has 0 saturated carbocycles. The van der Waals surface area contributed by atoms with Crippen LogP contribution in [-0.2, 0) is 24.4 Å². The van der Waals surface area contributed by atoms with Gasteiger partial charge in [0.05, 0.1) is 27.8 Å². The van der Waals surface area contributed by atoms with Crippen molar-refractivity contribution in [3.05, 3.63) is 57.6 Å². The number of hydrogen-bond donors (Lipinski definition) is 1. The van der Waals surface area contributed by atoms with Gasteiger partial charge in [-0.1, -0.05) is 32.8 Å². The molecule has 1 aromatic carbocycles. The molecule has 0 aliphatic heterocycles. The number of alkyl halides is 3. The van der Waals surface area contributed by atoms with Crippen LogP contribution >= 0.6 is 0 Å². The Morgan fingerprint density at radius 1 is 1.23 bits per heavy atom. The zero-order valence-corrected chi connectivity index (χ0v) is 20.3. The van der Waals surface area contributed by atoms with Crippen LogP contribution in [0.5, 0.6) is 0 Å². The molecular weight excluding hydrogens is 457 g/mol. The van der Waals surface area contributed by atoms with Gasteiger partial charge in [-0.25, -0.2) is 4.68 Å². The molecule has 0 aliphatic rings. The number of ketones is 1. The van der Waals surface area contributed by atoms with Gasteiger partial charge >= 0.3 is 6.18 Å². The number of unbranched alkanes of at least 4 members (excludes halogenated alkanes) is 1. The number of hydrogen-bond acceptors (Lipinski definition) is 4. The molecule has 0 bridgehead atoms. The summed E-state index contributed by atoms with van der Waals surface area (Å²) >= 11 is 0. The van der Waals surface area contributed by atoms with E-state index in [4.69, 9.17) is 5.41 Å². The van der Waals surface area contributed by atoms with Crippen LogP contribution in [0.15, 0.2) is 35.3 Å². The summed E-state index contributed by atoms with van der Waals surface area (Å²) in [6.07, 6.45) is 3.22. The fourth-order valence-corrected chi connectivity index (χ4v) is 4.54. The minimum absolute atomic E-state index is 0.0647. The predicted molar refractivity (Wildman–Crippen MR) is 130 cm³/mol. The molecule has 35 heavy (non-hydrogen) atoms. The van der Waals surface area contributed by atoms with E-state index in [-0.39, 0.29) is 22.8 Å². The molecule has 0 fully saturated rings. The zero-order chi connectivity index (χ0) is 25.8. The van der Waals surface area contributed by atoms with Crippen LogP contribution in [0.25, 0.3) is 16.6 Å². The Morgan fingerprint density at radius 3 is 2.60 bits per heavy atom. The molecule has 0 spiro atoms. The highest BCUT2D eigenvalue weighted by Crippen LogP contribution is 2.30. The number of rotatable bonds is 11. The molecule has 2 heterocycles. The third kappa shape index (κ3) is 5.55. The van der Waals surface area contributed by atoms with Crippen molar-refractivity contribution in [1.29, 1.82) is 5.41 Å². The van der Waals surface area contributed by atoms with Gasteiger partial charge < -0.3 is 5.41 Å². The van der Waals surface area contributed by atoms with Gasteiger partial charge in [0, 0.05) is 37.4 Å². The number of pyridine rings is 1. The number of halogens is 3. The van der Waals surface area contributed by atoms with Crippen molar-refractivity contribution in [3.63, 3.8) is 0 Å². The van der Waals surface area contributed by atoms with Gasteiger partial charge in [-0.2, -0.15) is 13.2 Å². The number of nitrogens with zero attached hydrogens (tertiary/aromatic N) is 3. The number of carbonyl (C=O) groups is 1. The predicted octanol–water partition coefficient (Wildman–Crippen LogP) is 5.85. The van der Waals surface area contributed by atoms with Crippen LogP contribution in [0.4, 0.5) is 13.2 Å². The minimum Gasteiger partial charge on any atom is -0.308 e. The van der Waals surface area contributed by atoms with Gasteiger partial charge in [-0.15, -0.1) is 0 Å². The van der Waals surface area contributed by atoms with Crippen LogP contribution in [0.1, 0.15) is 69.2 Å².